The molecule has 2 aromatic heterocycles. The Bertz CT molecular complexity index is 1070. The molecule has 0 aliphatic rings. The molecular weight excluding hydrogens is 378 g/mol. The lowest BCUT2D eigenvalue weighted by Gasteiger charge is -2.13. The van der Waals surface area contributed by atoms with E-state index in [0.717, 1.165) is 10.4 Å². The van der Waals surface area contributed by atoms with Gasteiger partial charge in [0.05, 0.1) is 11.3 Å². The topological polar surface area (TPSA) is 112 Å². The zero-order chi connectivity index (χ0) is 20.3. The summed E-state index contributed by atoms with van der Waals surface area (Å²) in [5, 5.41) is 12.7. The number of H-pyrrole nitrogens is 1. The van der Waals surface area contributed by atoms with Gasteiger partial charge in [0, 0.05) is 24.3 Å². The molecule has 2 heterocycles. The first kappa shape index (κ1) is 19.8. The molecule has 146 valence electrons. The Labute approximate surface area is 165 Å². The molecule has 1 amide bonds. The molecule has 0 bridgehead atoms. The number of nitrogens with zero attached hydrogens (tertiary/aromatic N) is 1. The number of hydrogen-bond donors (Lipinski definition) is 3. The van der Waals surface area contributed by atoms with Crippen LogP contribution in [0.3, 0.4) is 0 Å². The number of fused-ring (bicyclic) bond motifs is 1. The van der Waals surface area contributed by atoms with Gasteiger partial charge in [0.15, 0.2) is 0 Å². The SMILES string of the molecule is Cc1sc2nc(CCC(=O)NCC(C(=O)O)c3ccccc3)[nH]c(=O)c2c1C. The van der Waals surface area contributed by atoms with Crippen LogP contribution >= 0.6 is 11.3 Å². The number of carbonyl (C=O) groups is 2. The van der Waals surface area contributed by atoms with Crippen molar-refractivity contribution in [1.82, 2.24) is 15.3 Å². The first-order valence-corrected chi connectivity index (χ1v) is 9.71. The van der Waals surface area contributed by atoms with E-state index in [1.165, 1.54) is 11.3 Å². The smallest absolute Gasteiger partial charge is 0.312 e. The number of nitrogens with one attached hydrogen (secondary N) is 2. The van der Waals surface area contributed by atoms with Crippen molar-refractivity contribution in [2.24, 2.45) is 0 Å². The number of aromatic amines is 1. The van der Waals surface area contributed by atoms with Gasteiger partial charge in [-0.2, -0.15) is 0 Å². The van der Waals surface area contributed by atoms with Gasteiger partial charge in [0.1, 0.15) is 10.7 Å². The van der Waals surface area contributed by atoms with Crippen molar-refractivity contribution in [3.63, 3.8) is 0 Å². The third-order valence-electron chi connectivity index (χ3n) is 4.68. The molecule has 0 aliphatic carbocycles. The van der Waals surface area contributed by atoms with Crippen molar-refractivity contribution < 1.29 is 14.7 Å². The lowest BCUT2D eigenvalue weighted by molar-refractivity contribution is -0.138. The summed E-state index contributed by atoms with van der Waals surface area (Å²) in [6, 6.07) is 8.78. The number of rotatable bonds is 7. The van der Waals surface area contributed by atoms with Crippen LogP contribution in [-0.4, -0.2) is 33.5 Å². The van der Waals surface area contributed by atoms with Gasteiger partial charge >= 0.3 is 5.97 Å². The molecule has 28 heavy (non-hydrogen) atoms. The van der Waals surface area contributed by atoms with Crippen LogP contribution in [0.5, 0.6) is 0 Å². The second-order valence-corrected chi connectivity index (χ2v) is 7.78. The fourth-order valence-electron chi connectivity index (χ4n) is 2.99. The van der Waals surface area contributed by atoms with Crippen LogP contribution in [0.25, 0.3) is 10.2 Å². The van der Waals surface area contributed by atoms with Gasteiger partial charge in [-0.3, -0.25) is 14.4 Å². The maximum Gasteiger partial charge on any atom is 0.312 e. The van der Waals surface area contributed by atoms with Crippen molar-refractivity contribution in [2.75, 3.05) is 6.54 Å². The second-order valence-electron chi connectivity index (χ2n) is 6.58. The number of benzene rings is 1. The highest BCUT2D eigenvalue weighted by molar-refractivity contribution is 7.18. The maximum atomic E-state index is 12.3. The summed E-state index contributed by atoms with van der Waals surface area (Å²) in [4.78, 5) is 44.8. The number of carboxylic acids is 1. The van der Waals surface area contributed by atoms with Gasteiger partial charge in [-0.25, -0.2) is 4.98 Å². The summed E-state index contributed by atoms with van der Waals surface area (Å²) in [5.74, 6) is -1.64. The Balaban J connectivity index is 1.62. The van der Waals surface area contributed by atoms with E-state index in [1.807, 2.05) is 19.9 Å². The van der Waals surface area contributed by atoms with Crippen LogP contribution < -0.4 is 10.9 Å². The summed E-state index contributed by atoms with van der Waals surface area (Å²) >= 11 is 1.46. The summed E-state index contributed by atoms with van der Waals surface area (Å²) in [7, 11) is 0. The number of aromatic nitrogens is 2. The third-order valence-corrected chi connectivity index (χ3v) is 5.78. The summed E-state index contributed by atoms with van der Waals surface area (Å²) in [6.45, 7) is 3.84. The molecule has 7 nitrogen and oxygen atoms in total. The van der Waals surface area contributed by atoms with Crippen LogP contribution in [0.2, 0.25) is 0 Å². The predicted molar refractivity (Wildman–Crippen MR) is 108 cm³/mol. The molecule has 0 saturated carbocycles. The maximum absolute atomic E-state index is 12.3. The number of aliphatic carboxylic acids is 1. The number of carboxylic acid groups (broad SMARTS) is 1. The van der Waals surface area contributed by atoms with Crippen LogP contribution in [0.1, 0.15) is 34.2 Å². The van der Waals surface area contributed by atoms with E-state index in [9.17, 15) is 19.5 Å². The van der Waals surface area contributed by atoms with Gasteiger partial charge in [-0.15, -0.1) is 11.3 Å². The Morgan fingerprint density at radius 1 is 1.25 bits per heavy atom. The minimum absolute atomic E-state index is 0.00444. The second kappa shape index (κ2) is 8.35. The molecule has 1 aromatic carbocycles. The largest absolute Gasteiger partial charge is 0.481 e. The van der Waals surface area contributed by atoms with Crippen molar-refractivity contribution in [3.8, 4) is 0 Å². The standard InChI is InChI=1S/C20H21N3O4S/c1-11-12(2)28-19-17(11)18(25)22-15(23-19)8-9-16(24)21-10-14(20(26)27)13-6-4-3-5-7-13/h3-7,14H,8-10H2,1-2H3,(H,21,24)(H,26,27)(H,22,23,25). The summed E-state index contributed by atoms with van der Waals surface area (Å²) < 4.78 is 0. The Kier molecular flexibility index (Phi) is 5.89. The van der Waals surface area contributed by atoms with Crippen molar-refractivity contribution in [2.45, 2.75) is 32.6 Å². The number of carbonyl (C=O) groups excluding carboxylic acids is 1. The van der Waals surface area contributed by atoms with E-state index < -0.39 is 11.9 Å². The molecule has 3 aromatic rings. The molecule has 1 atom stereocenters. The van der Waals surface area contributed by atoms with E-state index in [-0.39, 0.29) is 30.9 Å². The van der Waals surface area contributed by atoms with Gasteiger partial charge in [0.25, 0.3) is 5.56 Å². The van der Waals surface area contributed by atoms with E-state index in [1.54, 1.807) is 24.3 Å². The van der Waals surface area contributed by atoms with Crippen LogP contribution in [0.15, 0.2) is 35.1 Å². The highest BCUT2D eigenvalue weighted by Crippen LogP contribution is 2.25. The number of aryl methyl sites for hydroxylation is 3. The van der Waals surface area contributed by atoms with Crippen LogP contribution in [0, 0.1) is 13.8 Å². The first-order valence-electron chi connectivity index (χ1n) is 8.90. The zero-order valence-electron chi connectivity index (χ0n) is 15.6. The first-order chi connectivity index (χ1) is 13.4. The molecule has 0 spiro atoms. The molecule has 8 heteroatoms. The Morgan fingerprint density at radius 3 is 2.64 bits per heavy atom. The normalized spacial score (nSPS) is 12.1. The minimum Gasteiger partial charge on any atom is -0.481 e. The average Bonchev–Trinajstić information content (AvgIpc) is 2.95. The van der Waals surface area contributed by atoms with Crippen molar-refractivity contribution in [3.05, 3.63) is 62.5 Å². The van der Waals surface area contributed by atoms with Crippen LogP contribution in [-0.2, 0) is 16.0 Å². The molecule has 0 radical (unpaired) electrons. The van der Waals surface area contributed by atoms with Gasteiger partial charge < -0.3 is 15.4 Å². The van der Waals surface area contributed by atoms with Gasteiger partial charge in [-0.05, 0) is 25.0 Å². The fraction of sp³-hybridized carbons (Fsp3) is 0.300. The molecule has 3 N–H and O–H groups in total. The molecular formula is C20H21N3O4S. The predicted octanol–water partition coefficient (Wildman–Crippen LogP) is 2.52. The number of thiophene rings is 1. The van der Waals surface area contributed by atoms with Gasteiger partial charge in [-0.1, -0.05) is 30.3 Å². The van der Waals surface area contributed by atoms with E-state index >= 15 is 0 Å². The Morgan fingerprint density at radius 2 is 1.96 bits per heavy atom. The molecule has 3 rings (SSSR count). The molecule has 1 unspecified atom stereocenters. The molecule has 0 aliphatic heterocycles. The van der Waals surface area contributed by atoms with Crippen molar-refractivity contribution in [1.29, 1.82) is 0 Å². The van der Waals surface area contributed by atoms with Gasteiger partial charge in [0.2, 0.25) is 5.91 Å². The number of hydrogen-bond acceptors (Lipinski definition) is 5. The highest BCUT2D eigenvalue weighted by atomic mass is 32.1. The minimum atomic E-state index is -0.994. The summed E-state index contributed by atoms with van der Waals surface area (Å²) in [5.41, 5.74) is 1.37. The fourth-order valence-corrected chi connectivity index (χ4v) is 4.04. The molecule has 0 saturated heterocycles. The average molecular weight is 399 g/mol. The van der Waals surface area contributed by atoms with E-state index in [0.29, 0.717) is 21.6 Å². The summed E-state index contributed by atoms with van der Waals surface area (Å²) in [6.07, 6.45) is 0.384. The Hall–Kier alpha value is -3.00. The lowest BCUT2D eigenvalue weighted by Crippen LogP contribution is -2.32. The van der Waals surface area contributed by atoms with E-state index in [4.69, 9.17) is 0 Å². The lowest BCUT2D eigenvalue weighted by atomic mass is 9.99. The quantitative estimate of drug-likeness (QED) is 0.565. The monoisotopic (exact) mass is 399 g/mol. The van der Waals surface area contributed by atoms with Crippen LogP contribution in [0.4, 0.5) is 0 Å². The third kappa shape index (κ3) is 4.28. The highest BCUT2D eigenvalue weighted by Gasteiger charge is 2.20. The zero-order valence-corrected chi connectivity index (χ0v) is 16.4. The van der Waals surface area contributed by atoms with Crippen molar-refractivity contribution >= 4 is 33.4 Å². The number of amides is 1. The van der Waals surface area contributed by atoms with E-state index in [2.05, 4.69) is 15.3 Å². The molecule has 0 fully saturated rings.